The minimum absolute atomic E-state index is 0.00794. The summed E-state index contributed by atoms with van der Waals surface area (Å²) in [5.41, 5.74) is -0.288. The molecule has 240 valence electrons. The molecular formula is C32H38O12-2. The van der Waals surface area contributed by atoms with Gasteiger partial charge in [0.15, 0.2) is 0 Å². The van der Waals surface area contributed by atoms with Crippen LogP contribution in [-0.4, -0.2) is 62.9 Å². The fraction of sp³-hybridized carbons (Fsp3) is 0.438. The Balaban J connectivity index is 0.000000442. The monoisotopic (exact) mass is 614 g/mol. The largest absolute Gasteiger partial charge is 0.541 e. The molecule has 2 rings (SSSR count). The lowest BCUT2D eigenvalue weighted by Gasteiger charge is -2.26. The second kappa shape index (κ2) is 16.2. The molecule has 0 spiro atoms. The van der Waals surface area contributed by atoms with Crippen LogP contribution in [0.1, 0.15) is 72.4 Å². The fourth-order valence-electron chi connectivity index (χ4n) is 3.82. The van der Waals surface area contributed by atoms with Crippen LogP contribution in [0.15, 0.2) is 36.4 Å². The number of aryl methyl sites for hydroxylation is 2. The molecule has 0 saturated heterocycles. The number of carboxylic acid groups (broad SMARTS) is 2. The fourth-order valence-corrected chi connectivity index (χ4v) is 3.82. The summed E-state index contributed by atoms with van der Waals surface area (Å²) in [6.45, 7) is 10.8. The number of carbonyl (C=O) groups excluding carboxylic acids is 6. The second-order valence-corrected chi connectivity index (χ2v) is 10.6. The Labute approximate surface area is 256 Å². The second-order valence-electron chi connectivity index (χ2n) is 10.6. The van der Waals surface area contributed by atoms with Crippen molar-refractivity contribution in [2.24, 2.45) is 10.8 Å². The normalized spacial score (nSPS) is 13.1. The minimum Gasteiger partial charge on any atom is -0.541 e. The smallest absolute Gasteiger partial charge is 0.314 e. The third-order valence-electron chi connectivity index (χ3n) is 7.22. The van der Waals surface area contributed by atoms with Gasteiger partial charge in [0.05, 0.1) is 25.0 Å². The molecule has 2 aromatic carbocycles. The van der Waals surface area contributed by atoms with E-state index >= 15 is 0 Å². The molecule has 0 aliphatic carbocycles. The number of carboxylic acids is 2. The lowest BCUT2D eigenvalue weighted by molar-refractivity contribution is -0.297. The molecule has 0 aromatic heterocycles. The zero-order valence-corrected chi connectivity index (χ0v) is 26.2. The number of hydrogen-bond donors (Lipinski definition) is 0. The summed E-state index contributed by atoms with van der Waals surface area (Å²) in [5, 5.41) is 21.1. The van der Waals surface area contributed by atoms with Gasteiger partial charge in [0, 0.05) is 11.1 Å². The van der Waals surface area contributed by atoms with E-state index in [-0.39, 0.29) is 36.3 Å². The van der Waals surface area contributed by atoms with Crippen LogP contribution in [0.25, 0.3) is 0 Å². The molecule has 2 unspecified atom stereocenters. The highest BCUT2D eigenvalue weighted by Gasteiger charge is 2.34. The van der Waals surface area contributed by atoms with Gasteiger partial charge in [-0.3, -0.25) is 19.2 Å². The number of hydrogen-bond acceptors (Lipinski definition) is 12. The van der Waals surface area contributed by atoms with E-state index in [1.54, 1.807) is 27.7 Å². The summed E-state index contributed by atoms with van der Waals surface area (Å²) in [6.07, 6.45) is 1.08. The topological polar surface area (TPSA) is 185 Å². The van der Waals surface area contributed by atoms with Crippen LogP contribution in [-0.2, 0) is 28.7 Å². The Morgan fingerprint density at radius 3 is 1.41 bits per heavy atom. The summed E-state index contributed by atoms with van der Waals surface area (Å²) < 4.78 is 20.8. The summed E-state index contributed by atoms with van der Waals surface area (Å²) in [6, 6.07) is 8.45. The summed E-state index contributed by atoms with van der Waals surface area (Å²) >= 11 is 0. The molecule has 0 saturated carbocycles. The number of ketones is 2. The van der Waals surface area contributed by atoms with Gasteiger partial charge in [-0.25, -0.2) is 0 Å². The molecule has 0 aliphatic rings. The maximum Gasteiger partial charge on any atom is 0.314 e. The SMILES string of the molecule is CCC(C)(COc1c(C)cc(C(=O)C(=O)[O-])cc1C)C(=O)OC.CCC(C)(COc1ccc(C(=O)C(=O)[O-])cc1)C(=O)OC. The molecule has 44 heavy (non-hydrogen) atoms. The lowest BCUT2D eigenvalue weighted by Crippen LogP contribution is -2.35. The molecule has 0 bridgehead atoms. The van der Waals surface area contributed by atoms with Gasteiger partial charge in [-0.15, -0.1) is 0 Å². The van der Waals surface area contributed by atoms with Crippen molar-refractivity contribution in [2.75, 3.05) is 27.4 Å². The number of aliphatic carboxylic acids is 2. The van der Waals surface area contributed by atoms with E-state index in [1.807, 2.05) is 13.8 Å². The van der Waals surface area contributed by atoms with Gasteiger partial charge < -0.3 is 38.7 Å². The van der Waals surface area contributed by atoms with Crippen molar-refractivity contribution >= 4 is 35.4 Å². The van der Waals surface area contributed by atoms with Crippen LogP contribution >= 0.6 is 0 Å². The van der Waals surface area contributed by atoms with E-state index in [0.29, 0.717) is 35.5 Å². The van der Waals surface area contributed by atoms with Crippen molar-refractivity contribution in [2.45, 2.75) is 54.4 Å². The van der Waals surface area contributed by atoms with E-state index < -0.39 is 34.3 Å². The standard InChI is InChI=1S/C17H22O6.C15H18O6/c1-6-17(4,16(21)22-5)9-23-14-10(2)7-12(8-11(14)3)13(18)15(19)20;1-4-15(2,14(19)20-3)9-21-11-7-5-10(6-8-11)12(16)13(17)18/h7-8H,6,9H2,1-5H3,(H,19,20);5-8H,4,9H2,1-3H3,(H,17,18)/p-2. The van der Waals surface area contributed by atoms with Crippen molar-refractivity contribution in [3.05, 3.63) is 58.7 Å². The number of ether oxygens (including phenoxy) is 4. The Morgan fingerprint density at radius 2 is 1.05 bits per heavy atom. The van der Waals surface area contributed by atoms with Gasteiger partial charge in [-0.05, 0) is 88.1 Å². The summed E-state index contributed by atoms with van der Waals surface area (Å²) in [7, 11) is 2.64. The van der Waals surface area contributed by atoms with Gasteiger partial charge in [-0.1, -0.05) is 13.8 Å². The summed E-state index contributed by atoms with van der Waals surface area (Å²) in [5.74, 6) is -5.45. The van der Waals surface area contributed by atoms with Gasteiger partial charge in [0.2, 0.25) is 11.6 Å². The number of methoxy groups -OCH3 is 2. The van der Waals surface area contributed by atoms with Gasteiger partial charge >= 0.3 is 11.9 Å². The van der Waals surface area contributed by atoms with Crippen LogP contribution in [0.2, 0.25) is 0 Å². The van der Waals surface area contributed by atoms with Crippen molar-refractivity contribution in [1.29, 1.82) is 0 Å². The highest BCUT2D eigenvalue weighted by atomic mass is 16.5. The zero-order valence-electron chi connectivity index (χ0n) is 26.2. The van der Waals surface area contributed by atoms with Crippen molar-refractivity contribution < 1.29 is 57.9 Å². The van der Waals surface area contributed by atoms with Gasteiger partial charge in [0.25, 0.3) is 0 Å². The number of carbonyl (C=O) groups is 6. The van der Waals surface area contributed by atoms with E-state index in [9.17, 15) is 39.0 Å². The maximum atomic E-state index is 11.9. The Bertz CT molecular complexity index is 1360. The Hall–Kier alpha value is -4.74. The van der Waals surface area contributed by atoms with Gasteiger partial charge in [-0.2, -0.15) is 0 Å². The molecule has 12 heteroatoms. The first-order valence-electron chi connectivity index (χ1n) is 13.6. The molecule has 2 aromatic rings. The third-order valence-corrected chi connectivity index (χ3v) is 7.22. The lowest BCUT2D eigenvalue weighted by atomic mass is 9.89. The van der Waals surface area contributed by atoms with E-state index in [2.05, 4.69) is 0 Å². The Morgan fingerprint density at radius 1 is 0.659 bits per heavy atom. The van der Waals surface area contributed by atoms with Crippen molar-refractivity contribution in [1.82, 2.24) is 0 Å². The minimum atomic E-state index is -1.76. The molecule has 0 radical (unpaired) electrons. The maximum absolute atomic E-state index is 11.9. The average molecular weight is 615 g/mol. The number of rotatable bonds is 14. The van der Waals surface area contributed by atoms with Crippen LogP contribution in [0.5, 0.6) is 11.5 Å². The predicted molar refractivity (Wildman–Crippen MR) is 153 cm³/mol. The first-order valence-corrected chi connectivity index (χ1v) is 13.6. The van der Waals surface area contributed by atoms with E-state index in [0.717, 1.165) is 0 Å². The van der Waals surface area contributed by atoms with Gasteiger partial charge in [0.1, 0.15) is 36.7 Å². The third kappa shape index (κ3) is 9.65. The Kier molecular flexibility index (Phi) is 13.7. The first kappa shape index (κ1) is 37.3. The summed E-state index contributed by atoms with van der Waals surface area (Å²) in [4.78, 5) is 67.3. The highest BCUT2D eigenvalue weighted by molar-refractivity contribution is 6.39. The quantitative estimate of drug-likeness (QED) is 0.171. The zero-order chi connectivity index (χ0) is 33.8. The molecule has 0 fully saturated rings. The molecule has 0 amide bonds. The van der Waals surface area contributed by atoms with Crippen molar-refractivity contribution in [3.63, 3.8) is 0 Å². The molecule has 0 aliphatic heterocycles. The highest BCUT2D eigenvalue weighted by Crippen LogP contribution is 2.30. The van der Waals surface area contributed by atoms with E-state index in [1.165, 1.54) is 50.6 Å². The molecule has 12 nitrogen and oxygen atoms in total. The number of esters is 2. The van der Waals surface area contributed by atoms with E-state index in [4.69, 9.17) is 18.9 Å². The molecule has 0 heterocycles. The van der Waals surface area contributed by atoms with Crippen LogP contribution in [0.3, 0.4) is 0 Å². The predicted octanol–water partition coefficient (Wildman–Crippen LogP) is 1.79. The number of Topliss-reactive ketones (excluding diaryl/α,β-unsaturated/α-hetero) is 2. The van der Waals surface area contributed by atoms with Crippen LogP contribution < -0.4 is 19.7 Å². The molecule has 2 atom stereocenters. The average Bonchev–Trinajstić information content (AvgIpc) is 3.01. The van der Waals surface area contributed by atoms with Crippen LogP contribution in [0.4, 0.5) is 0 Å². The molecular weight excluding hydrogens is 576 g/mol. The number of benzene rings is 2. The first-order chi connectivity index (χ1) is 20.5. The van der Waals surface area contributed by atoms with Crippen molar-refractivity contribution in [3.8, 4) is 11.5 Å². The molecule has 0 N–H and O–H groups in total. The van der Waals surface area contributed by atoms with Crippen LogP contribution in [0, 0.1) is 24.7 Å².